The van der Waals surface area contributed by atoms with Gasteiger partial charge in [0.15, 0.2) is 0 Å². The lowest BCUT2D eigenvalue weighted by Gasteiger charge is -2.38. The summed E-state index contributed by atoms with van der Waals surface area (Å²) < 4.78 is 0. The van der Waals surface area contributed by atoms with Crippen molar-refractivity contribution in [3.05, 3.63) is 80.4 Å². The summed E-state index contributed by atoms with van der Waals surface area (Å²) in [4.78, 5) is 11.5. The van der Waals surface area contributed by atoms with E-state index in [-0.39, 0.29) is 22.6 Å². The summed E-state index contributed by atoms with van der Waals surface area (Å²) in [5.74, 6) is 1.11. The summed E-state index contributed by atoms with van der Waals surface area (Å²) in [5.41, 5.74) is 6.67. The molecule has 2 aromatic rings. The average Bonchev–Trinajstić information content (AvgIpc) is 3.13. The molecule has 0 spiro atoms. The van der Waals surface area contributed by atoms with Crippen molar-refractivity contribution in [2.75, 3.05) is 5.32 Å². The fourth-order valence-corrected chi connectivity index (χ4v) is 4.64. The van der Waals surface area contributed by atoms with Crippen molar-refractivity contribution in [2.24, 2.45) is 5.92 Å². The molecular formula is C23H26N2O2. The Bertz CT molecular complexity index is 928. The molecule has 4 rings (SSSR count). The Balaban J connectivity index is 1.83. The van der Waals surface area contributed by atoms with Gasteiger partial charge in [-0.2, -0.15) is 0 Å². The first kappa shape index (κ1) is 17.8. The van der Waals surface area contributed by atoms with Gasteiger partial charge in [-0.3, -0.25) is 10.1 Å². The van der Waals surface area contributed by atoms with Gasteiger partial charge in [-0.05, 0) is 59.9 Å². The third-order valence-corrected chi connectivity index (χ3v) is 6.31. The predicted molar refractivity (Wildman–Crippen MR) is 109 cm³/mol. The van der Waals surface area contributed by atoms with Crippen LogP contribution in [0.3, 0.4) is 0 Å². The molecule has 27 heavy (non-hydrogen) atoms. The second kappa shape index (κ2) is 6.52. The van der Waals surface area contributed by atoms with E-state index in [0.29, 0.717) is 17.5 Å². The van der Waals surface area contributed by atoms with Crippen LogP contribution in [0.4, 0.5) is 11.4 Å². The van der Waals surface area contributed by atoms with Crippen molar-refractivity contribution in [1.29, 1.82) is 0 Å². The number of nitro groups is 1. The molecule has 3 atom stereocenters. The zero-order chi connectivity index (χ0) is 19.3. The zero-order valence-corrected chi connectivity index (χ0v) is 16.3. The van der Waals surface area contributed by atoms with Crippen LogP contribution in [0.5, 0.6) is 0 Å². The van der Waals surface area contributed by atoms with E-state index in [4.69, 9.17) is 0 Å². The molecule has 1 heterocycles. The first-order valence-electron chi connectivity index (χ1n) is 9.70. The molecule has 140 valence electrons. The maximum atomic E-state index is 11.7. The fourth-order valence-electron chi connectivity index (χ4n) is 4.64. The van der Waals surface area contributed by atoms with E-state index in [0.717, 1.165) is 17.5 Å². The largest absolute Gasteiger partial charge is 0.372 e. The van der Waals surface area contributed by atoms with Crippen molar-refractivity contribution in [2.45, 2.75) is 52.0 Å². The molecule has 0 saturated heterocycles. The van der Waals surface area contributed by atoms with Gasteiger partial charge in [0.2, 0.25) is 0 Å². The highest BCUT2D eigenvalue weighted by molar-refractivity contribution is 5.74. The average molecular weight is 362 g/mol. The van der Waals surface area contributed by atoms with Crippen LogP contribution in [0.2, 0.25) is 0 Å². The van der Waals surface area contributed by atoms with Crippen LogP contribution in [0, 0.1) is 29.9 Å². The molecule has 0 saturated carbocycles. The highest BCUT2D eigenvalue weighted by Crippen LogP contribution is 2.53. The predicted octanol–water partition coefficient (Wildman–Crippen LogP) is 6.16. The Morgan fingerprint density at radius 3 is 2.52 bits per heavy atom. The summed E-state index contributed by atoms with van der Waals surface area (Å²) >= 11 is 0. The third kappa shape index (κ3) is 2.84. The minimum atomic E-state index is -0.254. The van der Waals surface area contributed by atoms with E-state index < -0.39 is 0 Å². The van der Waals surface area contributed by atoms with Crippen molar-refractivity contribution < 1.29 is 4.92 Å². The molecular weight excluding hydrogens is 336 g/mol. The topological polar surface area (TPSA) is 55.2 Å². The molecule has 2 aromatic carbocycles. The van der Waals surface area contributed by atoms with Gasteiger partial charge in [-0.1, -0.05) is 50.3 Å². The molecule has 0 unspecified atom stereocenters. The van der Waals surface area contributed by atoms with Gasteiger partial charge in [0, 0.05) is 12.0 Å². The van der Waals surface area contributed by atoms with E-state index in [1.165, 1.54) is 16.7 Å². The van der Waals surface area contributed by atoms with Crippen molar-refractivity contribution in [3.63, 3.8) is 0 Å². The van der Waals surface area contributed by atoms with Gasteiger partial charge in [0.1, 0.15) is 5.69 Å². The molecule has 1 aliphatic heterocycles. The van der Waals surface area contributed by atoms with E-state index >= 15 is 0 Å². The lowest BCUT2D eigenvalue weighted by molar-refractivity contribution is -0.384. The summed E-state index contributed by atoms with van der Waals surface area (Å²) in [6, 6.07) is 10.5. The number of fused-ring (bicyclic) bond motifs is 3. The third-order valence-electron chi connectivity index (χ3n) is 6.31. The smallest absolute Gasteiger partial charge is 0.292 e. The van der Waals surface area contributed by atoms with Crippen LogP contribution in [0.1, 0.15) is 66.0 Å². The fraction of sp³-hybridized carbons (Fsp3) is 0.391. The molecule has 2 aliphatic rings. The molecule has 1 aliphatic carbocycles. The number of hydrogen-bond acceptors (Lipinski definition) is 3. The number of rotatable bonds is 3. The van der Waals surface area contributed by atoms with Crippen LogP contribution in [0.25, 0.3) is 0 Å². The van der Waals surface area contributed by atoms with Gasteiger partial charge >= 0.3 is 0 Å². The van der Waals surface area contributed by atoms with Gasteiger partial charge in [-0.15, -0.1) is 0 Å². The summed E-state index contributed by atoms with van der Waals surface area (Å²) in [7, 11) is 0. The highest BCUT2D eigenvalue weighted by Gasteiger charge is 2.41. The van der Waals surface area contributed by atoms with Gasteiger partial charge < -0.3 is 5.32 Å². The van der Waals surface area contributed by atoms with E-state index in [1.807, 2.05) is 6.92 Å². The standard InChI is InChI=1S/C23H26N2O2/c1-13(2)16-8-10-17(11-9-16)22-19-7-5-6-18(19)21-15(4)14(3)12-20(25(26)27)23(21)24-22/h5-6,8-13,18-19,22,24H,7H2,1-4H3/t18-,19-,22+/m1/s1. The second-order valence-corrected chi connectivity index (χ2v) is 8.18. The van der Waals surface area contributed by atoms with Crippen LogP contribution >= 0.6 is 0 Å². The van der Waals surface area contributed by atoms with E-state index in [1.54, 1.807) is 6.07 Å². The first-order chi connectivity index (χ1) is 12.9. The Morgan fingerprint density at radius 2 is 1.89 bits per heavy atom. The Labute approximate surface area is 160 Å². The maximum Gasteiger partial charge on any atom is 0.292 e. The van der Waals surface area contributed by atoms with E-state index in [9.17, 15) is 10.1 Å². The molecule has 1 N–H and O–H groups in total. The number of anilines is 1. The Morgan fingerprint density at radius 1 is 1.19 bits per heavy atom. The number of allylic oxidation sites excluding steroid dienone is 2. The second-order valence-electron chi connectivity index (χ2n) is 8.18. The summed E-state index contributed by atoms with van der Waals surface area (Å²) in [5, 5.41) is 15.3. The lowest BCUT2D eigenvalue weighted by atomic mass is 9.74. The number of hydrogen-bond donors (Lipinski definition) is 1. The first-order valence-corrected chi connectivity index (χ1v) is 9.70. The van der Waals surface area contributed by atoms with E-state index in [2.05, 4.69) is 62.5 Å². The van der Waals surface area contributed by atoms with Gasteiger partial charge in [0.25, 0.3) is 5.69 Å². The minimum absolute atomic E-state index is 0.0829. The van der Waals surface area contributed by atoms with Crippen LogP contribution in [-0.2, 0) is 0 Å². The van der Waals surface area contributed by atoms with Crippen LogP contribution < -0.4 is 5.32 Å². The van der Waals surface area contributed by atoms with Gasteiger partial charge in [-0.25, -0.2) is 0 Å². The monoisotopic (exact) mass is 362 g/mol. The normalized spacial score (nSPS) is 23.1. The number of nitrogens with one attached hydrogen (secondary N) is 1. The quantitative estimate of drug-likeness (QED) is 0.404. The van der Waals surface area contributed by atoms with Crippen molar-refractivity contribution >= 4 is 11.4 Å². The highest BCUT2D eigenvalue weighted by atomic mass is 16.6. The van der Waals surface area contributed by atoms with Crippen molar-refractivity contribution in [1.82, 2.24) is 0 Å². The number of aryl methyl sites for hydroxylation is 1. The molecule has 0 amide bonds. The molecule has 0 bridgehead atoms. The number of benzene rings is 2. The van der Waals surface area contributed by atoms with Crippen molar-refractivity contribution in [3.8, 4) is 0 Å². The summed E-state index contributed by atoms with van der Waals surface area (Å²) in [6.07, 6.45) is 5.47. The Kier molecular flexibility index (Phi) is 4.29. The van der Waals surface area contributed by atoms with Crippen LogP contribution in [0.15, 0.2) is 42.5 Å². The lowest BCUT2D eigenvalue weighted by Crippen LogP contribution is -2.30. The van der Waals surface area contributed by atoms with Crippen LogP contribution in [-0.4, -0.2) is 4.92 Å². The molecule has 0 aromatic heterocycles. The SMILES string of the molecule is Cc1cc([N+](=O)[O-])c2c(c1C)[C@@H]1C=CC[C@H]1[C@H](c1ccc(C(C)C)cc1)N2. The number of nitrogens with zero attached hydrogens (tertiary/aromatic N) is 1. The molecule has 0 fully saturated rings. The molecule has 0 radical (unpaired) electrons. The summed E-state index contributed by atoms with van der Waals surface area (Å²) in [6.45, 7) is 8.43. The zero-order valence-electron chi connectivity index (χ0n) is 16.3. The Hall–Kier alpha value is -2.62. The van der Waals surface area contributed by atoms with Gasteiger partial charge in [0.05, 0.1) is 11.0 Å². The molecule has 4 nitrogen and oxygen atoms in total. The maximum absolute atomic E-state index is 11.7. The molecule has 4 heteroatoms. The number of nitro benzene ring substituents is 1. The minimum Gasteiger partial charge on any atom is -0.372 e.